The van der Waals surface area contributed by atoms with Crippen molar-refractivity contribution in [3.05, 3.63) is 39.7 Å². The Bertz CT molecular complexity index is 628. The number of nitrogens with one attached hydrogen (secondary N) is 1. The molecular formula is C13H11BrFN3S. The lowest BCUT2D eigenvalue weighted by molar-refractivity contribution is 0.627. The maximum atomic E-state index is 13.5. The molecule has 1 aromatic heterocycles. The molecule has 3 rings (SSSR count). The molecule has 0 unspecified atom stereocenters. The van der Waals surface area contributed by atoms with Crippen molar-refractivity contribution in [2.24, 2.45) is 0 Å². The first-order chi connectivity index (χ1) is 9.17. The summed E-state index contributed by atoms with van der Waals surface area (Å²) in [6.07, 6.45) is 0. The number of anilines is 1. The summed E-state index contributed by atoms with van der Waals surface area (Å²) in [6, 6.07) is 4.70. The van der Waals surface area contributed by atoms with Crippen molar-refractivity contribution in [2.75, 3.05) is 12.4 Å². The number of aromatic nitrogens is 2. The summed E-state index contributed by atoms with van der Waals surface area (Å²) in [4.78, 5) is 9.05. The van der Waals surface area contributed by atoms with E-state index in [0.717, 1.165) is 28.6 Å². The van der Waals surface area contributed by atoms with Crippen LogP contribution in [0.3, 0.4) is 0 Å². The van der Waals surface area contributed by atoms with Crippen LogP contribution in [-0.4, -0.2) is 17.0 Å². The average molecular weight is 340 g/mol. The molecule has 0 spiro atoms. The van der Waals surface area contributed by atoms with Crippen molar-refractivity contribution < 1.29 is 4.39 Å². The minimum Gasteiger partial charge on any atom is -0.373 e. The molecule has 1 aliphatic rings. The summed E-state index contributed by atoms with van der Waals surface area (Å²) in [7, 11) is 1.84. The topological polar surface area (TPSA) is 37.8 Å². The Labute approximate surface area is 123 Å². The molecule has 3 nitrogen and oxygen atoms in total. The molecule has 1 N–H and O–H groups in total. The molecule has 0 amide bonds. The van der Waals surface area contributed by atoms with Crippen LogP contribution in [0.25, 0.3) is 11.4 Å². The SMILES string of the molecule is CNc1nc(-c2cc(F)cc(Br)c2)nc2c1CSC2. The number of benzene rings is 1. The molecule has 19 heavy (non-hydrogen) atoms. The molecule has 6 heteroatoms. The lowest BCUT2D eigenvalue weighted by Crippen LogP contribution is -2.03. The standard InChI is InChI=1S/C13H11BrFN3S/c1-16-13-10-5-19-6-11(10)17-12(18-13)7-2-8(14)4-9(15)3-7/h2-4H,5-6H2,1H3,(H,16,17,18). The largest absolute Gasteiger partial charge is 0.373 e. The van der Waals surface area contributed by atoms with Gasteiger partial charge in [0, 0.05) is 34.2 Å². The van der Waals surface area contributed by atoms with Crippen molar-refractivity contribution in [1.82, 2.24) is 9.97 Å². The third-order valence-corrected chi connectivity index (χ3v) is 4.36. The Kier molecular flexibility index (Phi) is 3.45. The normalized spacial score (nSPS) is 13.4. The molecule has 1 aliphatic heterocycles. The summed E-state index contributed by atoms with van der Waals surface area (Å²) in [5, 5.41) is 3.10. The third-order valence-electron chi connectivity index (χ3n) is 2.94. The van der Waals surface area contributed by atoms with E-state index in [0.29, 0.717) is 15.9 Å². The van der Waals surface area contributed by atoms with Gasteiger partial charge in [0.15, 0.2) is 5.82 Å². The van der Waals surface area contributed by atoms with Crippen molar-refractivity contribution in [3.8, 4) is 11.4 Å². The zero-order valence-corrected chi connectivity index (χ0v) is 12.6. The van der Waals surface area contributed by atoms with Crippen LogP contribution in [-0.2, 0) is 11.5 Å². The Balaban J connectivity index is 2.15. The molecule has 0 atom stereocenters. The number of thioether (sulfide) groups is 1. The predicted molar refractivity (Wildman–Crippen MR) is 79.7 cm³/mol. The molecule has 2 aromatic rings. The van der Waals surface area contributed by atoms with Crippen LogP contribution in [0.2, 0.25) is 0 Å². The van der Waals surface area contributed by atoms with E-state index >= 15 is 0 Å². The van der Waals surface area contributed by atoms with Gasteiger partial charge in [-0.25, -0.2) is 14.4 Å². The first kappa shape index (κ1) is 12.9. The Morgan fingerprint density at radius 1 is 1.26 bits per heavy atom. The number of halogens is 2. The average Bonchev–Trinajstić information content (AvgIpc) is 2.84. The summed E-state index contributed by atoms with van der Waals surface area (Å²) in [5.41, 5.74) is 2.88. The number of fused-ring (bicyclic) bond motifs is 1. The van der Waals surface area contributed by atoms with Gasteiger partial charge in [-0.1, -0.05) is 15.9 Å². The second-order valence-corrected chi connectivity index (χ2v) is 6.12. The van der Waals surface area contributed by atoms with Crippen LogP contribution in [0.5, 0.6) is 0 Å². The molecular weight excluding hydrogens is 329 g/mol. The zero-order chi connectivity index (χ0) is 13.4. The molecule has 2 heterocycles. The van der Waals surface area contributed by atoms with Gasteiger partial charge in [0.25, 0.3) is 0 Å². The van der Waals surface area contributed by atoms with Crippen LogP contribution in [0.4, 0.5) is 10.2 Å². The van der Waals surface area contributed by atoms with Gasteiger partial charge >= 0.3 is 0 Å². The van der Waals surface area contributed by atoms with Crippen molar-refractivity contribution in [3.63, 3.8) is 0 Å². The smallest absolute Gasteiger partial charge is 0.161 e. The Hall–Kier alpha value is -1.14. The van der Waals surface area contributed by atoms with E-state index in [1.807, 2.05) is 24.9 Å². The van der Waals surface area contributed by atoms with Gasteiger partial charge in [0.1, 0.15) is 11.6 Å². The third kappa shape index (κ3) is 2.47. The molecule has 0 radical (unpaired) electrons. The van der Waals surface area contributed by atoms with E-state index in [-0.39, 0.29) is 5.82 Å². The number of hydrogen-bond acceptors (Lipinski definition) is 4. The summed E-state index contributed by atoms with van der Waals surface area (Å²) < 4.78 is 14.2. The van der Waals surface area contributed by atoms with E-state index in [9.17, 15) is 4.39 Å². The Morgan fingerprint density at radius 3 is 2.84 bits per heavy atom. The van der Waals surface area contributed by atoms with Gasteiger partial charge in [0.05, 0.1) is 5.69 Å². The van der Waals surface area contributed by atoms with Gasteiger partial charge in [-0.15, -0.1) is 0 Å². The molecule has 0 bridgehead atoms. The number of nitrogens with zero attached hydrogens (tertiary/aromatic N) is 2. The maximum absolute atomic E-state index is 13.5. The monoisotopic (exact) mass is 339 g/mol. The molecule has 1 aromatic carbocycles. The van der Waals surface area contributed by atoms with Crippen LogP contribution in [0.15, 0.2) is 22.7 Å². The lowest BCUT2D eigenvalue weighted by Gasteiger charge is -2.09. The van der Waals surface area contributed by atoms with Crippen LogP contribution < -0.4 is 5.32 Å². The van der Waals surface area contributed by atoms with E-state index < -0.39 is 0 Å². The van der Waals surface area contributed by atoms with E-state index in [1.165, 1.54) is 12.1 Å². The number of rotatable bonds is 2. The predicted octanol–water partition coefficient (Wildman–Crippen LogP) is 3.83. The van der Waals surface area contributed by atoms with E-state index in [4.69, 9.17) is 0 Å². The highest BCUT2D eigenvalue weighted by Gasteiger charge is 2.19. The fraction of sp³-hybridized carbons (Fsp3) is 0.231. The van der Waals surface area contributed by atoms with Crippen LogP contribution in [0.1, 0.15) is 11.3 Å². The quantitative estimate of drug-likeness (QED) is 0.902. The van der Waals surface area contributed by atoms with Crippen LogP contribution in [0, 0.1) is 5.82 Å². The van der Waals surface area contributed by atoms with Crippen LogP contribution >= 0.6 is 27.7 Å². The maximum Gasteiger partial charge on any atom is 0.161 e. The van der Waals surface area contributed by atoms with Crippen molar-refractivity contribution in [1.29, 1.82) is 0 Å². The Morgan fingerprint density at radius 2 is 2.11 bits per heavy atom. The number of hydrogen-bond donors (Lipinski definition) is 1. The lowest BCUT2D eigenvalue weighted by atomic mass is 10.2. The highest BCUT2D eigenvalue weighted by Crippen LogP contribution is 2.34. The summed E-state index contributed by atoms with van der Waals surface area (Å²) >= 11 is 5.11. The van der Waals surface area contributed by atoms with Gasteiger partial charge in [-0.3, -0.25) is 0 Å². The molecule has 0 saturated heterocycles. The van der Waals surface area contributed by atoms with Gasteiger partial charge in [0.2, 0.25) is 0 Å². The van der Waals surface area contributed by atoms with Gasteiger partial charge in [-0.2, -0.15) is 11.8 Å². The first-order valence-electron chi connectivity index (χ1n) is 5.79. The first-order valence-corrected chi connectivity index (χ1v) is 7.74. The fourth-order valence-corrected chi connectivity index (χ4v) is 3.58. The summed E-state index contributed by atoms with van der Waals surface area (Å²) in [5.74, 6) is 2.92. The summed E-state index contributed by atoms with van der Waals surface area (Å²) in [6.45, 7) is 0. The van der Waals surface area contributed by atoms with E-state index in [2.05, 4.69) is 31.2 Å². The molecule has 0 aliphatic carbocycles. The van der Waals surface area contributed by atoms with Crippen molar-refractivity contribution in [2.45, 2.75) is 11.5 Å². The highest BCUT2D eigenvalue weighted by molar-refractivity contribution is 9.10. The van der Waals surface area contributed by atoms with E-state index in [1.54, 1.807) is 0 Å². The minimum absolute atomic E-state index is 0.297. The van der Waals surface area contributed by atoms with Crippen molar-refractivity contribution >= 4 is 33.5 Å². The zero-order valence-electron chi connectivity index (χ0n) is 10.2. The minimum atomic E-state index is -0.297. The second-order valence-electron chi connectivity index (χ2n) is 4.22. The molecule has 0 saturated carbocycles. The molecule has 98 valence electrons. The highest BCUT2D eigenvalue weighted by atomic mass is 79.9. The fourth-order valence-electron chi connectivity index (χ4n) is 2.07. The van der Waals surface area contributed by atoms with Gasteiger partial charge in [-0.05, 0) is 18.2 Å². The molecule has 0 fully saturated rings. The van der Waals surface area contributed by atoms with Gasteiger partial charge < -0.3 is 5.32 Å². The second kappa shape index (κ2) is 5.09.